The van der Waals surface area contributed by atoms with Gasteiger partial charge in [0, 0.05) is 12.1 Å². The Labute approximate surface area is 100 Å². The second kappa shape index (κ2) is 5.05. The number of hydrogen-bond donors (Lipinski definition) is 1. The molecule has 0 spiro atoms. The summed E-state index contributed by atoms with van der Waals surface area (Å²) < 4.78 is 0. The maximum absolute atomic E-state index is 10.2. The second-order valence-electron chi connectivity index (χ2n) is 6.33. The molecule has 2 atom stereocenters. The van der Waals surface area contributed by atoms with Crippen LogP contribution in [0.2, 0.25) is 0 Å². The van der Waals surface area contributed by atoms with E-state index in [9.17, 15) is 5.11 Å². The molecule has 0 aromatic rings. The maximum Gasteiger partial charge on any atom is 0.0580 e. The third kappa shape index (κ3) is 2.78. The monoisotopic (exact) mass is 225 g/mol. The van der Waals surface area contributed by atoms with E-state index in [1.165, 1.54) is 45.1 Å². The van der Waals surface area contributed by atoms with Crippen molar-refractivity contribution in [2.75, 3.05) is 13.1 Å². The minimum Gasteiger partial charge on any atom is -0.393 e. The molecule has 0 aromatic carbocycles. The number of nitrogens with zero attached hydrogens (tertiary/aromatic N) is 1. The van der Waals surface area contributed by atoms with Crippen LogP contribution in [-0.2, 0) is 0 Å². The Hall–Kier alpha value is -0.0800. The van der Waals surface area contributed by atoms with Crippen molar-refractivity contribution >= 4 is 0 Å². The predicted molar refractivity (Wildman–Crippen MR) is 67.5 cm³/mol. The number of likely N-dealkylation sites (tertiary alicyclic amines) is 1. The summed E-state index contributed by atoms with van der Waals surface area (Å²) in [6.45, 7) is 7.05. The van der Waals surface area contributed by atoms with Crippen LogP contribution in [0.15, 0.2) is 0 Å². The maximum atomic E-state index is 10.2. The molecule has 1 saturated heterocycles. The molecular formula is C14H27NO. The number of rotatable bonds is 2. The van der Waals surface area contributed by atoms with E-state index in [1.807, 2.05) is 0 Å². The van der Waals surface area contributed by atoms with Crippen molar-refractivity contribution < 1.29 is 5.11 Å². The molecular weight excluding hydrogens is 198 g/mol. The third-order valence-electron chi connectivity index (χ3n) is 4.65. The van der Waals surface area contributed by atoms with Crippen molar-refractivity contribution in [3.05, 3.63) is 0 Å². The molecule has 94 valence electrons. The summed E-state index contributed by atoms with van der Waals surface area (Å²) in [5.74, 6) is 0.528. The summed E-state index contributed by atoms with van der Waals surface area (Å²) in [5.41, 5.74) is 0.367. The zero-order chi connectivity index (χ0) is 11.6. The van der Waals surface area contributed by atoms with Crippen LogP contribution >= 0.6 is 0 Å². The van der Waals surface area contributed by atoms with Gasteiger partial charge in [-0.05, 0) is 52.0 Å². The number of aliphatic hydroxyl groups is 1. The molecule has 1 saturated carbocycles. The van der Waals surface area contributed by atoms with Gasteiger partial charge in [0.1, 0.15) is 0 Å². The lowest BCUT2D eigenvalue weighted by Gasteiger charge is -2.35. The van der Waals surface area contributed by atoms with E-state index in [4.69, 9.17) is 0 Å². The lowest BCUT2D eigenvalue weighted by Crippen LogP contribution is -2.43. The molecule has 2 rings (SSSR count). The highest BCUT2D eigenvalue weighted by atomic mass is 16.3. The summed E-state index contributed by atoms with van der Waals surface area (Å²) in [5, 5.41) is 10.2. The minimum atomic E-state index is -0.0427. The molecule has 1 aliphatic heterocycles. The van der Waals surface area contributed by atoms with E-state index in [-0.39, 0.29) is 6.10 Å². The van der Waals surface area contributed by atoms with E-state index in [1.54, 1.807) is 0 Å². The Morgan fingerprint density at radius 1 is 1.12 bits per heavy atom. The van der Waals surface area contributed by atoms with Gasteiger partial charge in [-0.1, -0.05) is 19.3 Å². The van der Waals surface area contributed by atoms with Crippen LogP contribution in [-0.4, -0.2) is 34.7 Å². The van der Waals surface area contributed by atoms with Crippen molar-refractivity contribution in [1.82, 2.24) is 4.90 Å². The summed E-state index contributed by atoms with van der Waals surface area (Å²) in [4.78, 5) is 2.60. The van der Waals surface area contributed by atoms with Gasteiger partial charge in [0.2, 0.25) is 0 Å². The van der Waals surface area contributed by atoms with E-state index in [0.29, 0.717) is 11.5 Å². The highest BCUT2D eigenvalue weighted by Crippen LogP contribution is 2.32. The summed E-state index contributed by atoms with van der Waals surface area (Å²) in [7, 11) is 0. The average molecular weight is 225 g/mol. The van der Waals surface area contributed by atoms with Crippen LogP contribution < -0.4 is 0 Å². The lowest BCUT2D eigenvalue weighted by molar-refractivity contribution is 0.0552. The van der Waals surface area contributed by atoms with Gasteiger partial charge < -0.3 is 5.11 Å². The van der Waals surface area contributed by atoms with Gasteiger partial charge in [0.15, 0.2) is 0 Å². The first-order valence-corrected chi connectivity index (χ1v) is 7.03. The molecule has 0 bridgehead atoms. The second-order valence-corrected chi connectivity index (χ2v) is 6.33. The Morgan fingerprint density at radius 2 is 1.88 bits per heavy atom. The van der Waals surface area contributed by atoms with Gasteiger partial charge in [-0.3, -0.25) is 4.90 Å². The smallest absolute Gasteiger partial charge is 0.0580 e. The van der Waals surface area contributed by atoms with Crippen LogP contribution in [0.1, 0.15) is 58.8 Å². The van der Waals surface area contributed by atoms with Crippen molar-refractivity contribution in [3.8, 4) is 0 Å². The van der Waals surface area contributed by atoms with Gasteiger partial charge >= 0.3 is 0 Å². The van der Waals surface area contributed by atoms with E-state index in [2.05, 4.69) is 18.7 Å². The van der Waals surface area contributed by atoms with Gasteiger partial charge in [-0.2, -0.15) is 0 Å². The van der Waals surface area contributed by atoms with Crippen molar-refractivity contribution in [2.24, 2.45) is 5.92 Å². The van der Waals surface area contributed by atoms with E-state index < -0.39 is 0 Å². The molecule has 2 unspecified atom stereocenters. The molecule has 1 N–H and O–H groups in total. The van der Waals surface area contributed by atoms with Gasteiger partial charge in [-0.25, -0.2) is 0 Å². The third-order valence-corrected chi connectivity index (χ3v) is 4.65. The fourth-order valence-electron chi connectivity index (χ4n) is 3.36. The SMILES string of the molecule is CC1(C)CCCN1CC1CCCCCC1O. The molecule has 0 amide bonds. The first-order valence-electron chi connectivity index (χ1n) is 7.03. The van der Waals surface area contributed by atoms with Crippen LogP contribution in [0.4, 0.5) is 0 Å². The molecule has 2 heteroatoms. The Balaban J connectivity index is 1.92. The van der Waals surface area contributed by atoms with Crippen molar-refractivity contribution in [3.63, 3.8) is 0 Å². The largest absolute Gasteiger partial charge is 0.393 e. The molecule has 2 fully saturated rings. The van der Waals surface area contributed by atoms with E-state index >= 15 is 0 Å². The van der Waals surface area contributed by atoms with Crippen LogP contribution in [0.3, 0.4) is 0 Å². The zero-order valence-corrected chi connectivity index (χ0v) is 10.9. The molecule has 1 aliphatic carbocycles. The first kappa shape index (κ1) is 12.4. The molecule has 16 heavy (non-hydrogen) atoms. The standard InChI is InChI=1S/C14H27NO/c1-14(2)9-6-10-15(14)11-12-7-4-3-5-8-13(12)16/h12-13,16H,3-11H2,1-2H3. The minimum absolute atomic E-state index is 0.0427. The Bertz CT molecular complexity index is 227. The zero-order valence-electron chi connectivity index (χ0n) is 10.9. The van der Waals surface area contributed by atoms with Crippen LogP contribution in [0.25, 0.3) is 0 Å². The molecule has 2 aliphatic rings. The number of hydrogen-bond acceptors (Lipinski definition) is 2. The highest BCUT2D eigenvalue weighted by Gasteiger charge is 2.34. The van der Waals surface area contributed by atoms with Crippen molar-refractivity contribution in [1.29, 1.82) is 0 Å². The van der Waals surface area contributed by atoms with Gasteiger partial charge in [0.25, 0.3) is 0 Å². The Kier molecular flexibility index (Phi) is 3.91. The van der Waals surface area contributed by atoms with Crippen molar-refractivity contribution in [2.45, 2.75) is 70.4 Å². The Morgan fingerprint density at radius 3 is 2.56 bits per heavy atom. The summed E-state index contributed by atoms with van der Waals surface area (Å²) >= 11 is 0. The molecule has 0 radical (unpaired) electrons. The topological polar surface area (TPSA) is 23.5 Å². The highest BCUT2D eigenvalue weighted by molar-refractivity contribution is 4.90. The normalized spacial score (nSPS) is 36.2. The summed E-state index contributed by atoms with van der Waals surface area (Å²) in [6, 6.07) is 0. The van der Waals surface area contributed by atoms with Gasteiger partial charge in [0.05, 0.1) is 6.10 Å². The van der Waals surface area contributed by atoms with Gasteiger partial charge in [-0.15, -0.1) is 0 Å². The molecule has 1 heterocycles. The fourth-order valence-corrected chi connectivity index (χ4v) is 3.36. The quantitative estimate of drug-likeness (QED) is 0.731. The number of aliphatic hydroxyl groups excluding tert-OH is 1. The molecule has 0 aromatic heterocycles. The first-order chi connectivity index (χ1) is 7.59. The average Bonchev–Trinajstić information content (AvgIpc) is 2.43. The van der Waals surface area contributed by atoms with Crippen LogP contribution in [0, 0.1) is 5.92 Å². The van der Waals surface area contributed by atoms with E-state index in [0.717, 1.165) is 13.0 Å². The predicted octanol–water partition coefficient (Wildman–Crippen LogP) is 2.80. The summed E-state index contributed by atoms with van der Waals surface area (Å²) in [6.07, 6.45) is 8.71. The van der Waals surface area contributed by atoms with Crippen LogP contribution in [0.5, 0.6) is 0 Å². The lowest BCUT2D eigenvalue weighted by atomic mass is 9.94. The fraction of sp³-hybridized carbons (Fsp3) is 1.00. The molecule has 2 nitrogen and oxygen atoms in total.